The molecule has 0 radical (unpaired) electrons. The number of carbonyl (C=O) groups is 1. The molecule has 0 unspecified atom stereocenters. The summed E-state index contributed by atoms with van der Waals surface area (Å²) in [6.45, 7) is 1.43. The van der Waals surface area contributed by atoms with Gasteiger partial charge < -0.3 is 10.0 Å². The highest BCUT2D eigenvalue weighted by molar-refractivity contribution is 5.66. The first kappa shape index (κ1) is 14.1. The fraction of sp³-hybridized carbons (Fsp3) is 0.333. The molecule has 0 aliphatic carbocycles. The second-order valence-corrected chi connectivity index (χ2v) is 4.70. The van der Waals surface area contributed by atoms with Crippen LogP contribution in [0.2, 0.25) is 0 Å². The highest BCUT2D eigenvalue weighted by atomic mass is 16.4. The quantitative estimate of drug-likeness (QED) is 0.841. The first-order chi connectivity index (χ1) is 9.66. The van der Waals surface area contributed by atoms with Crippen LogP contribution >= 0.6 is 0 Å². The van der Waals surface area contributed by atoms with Crippen LogP contribution in [0.1, 0.15) is 18.5 Å². The van der Waals surface area contributed by atoms with Crippen molar-refractivity contribution in [3.05, 3.63) is 48.3 Å². The number of hydrogen-bond donors (Lipinski definition) is 1. The summed E-state index contributed by atoms with van der Waals surface area (Å²) in [7, 11) is 1.91. The monoisotopic (exact) mass is 273 g/mol. The van der Waals surface area contributed by atoms with Gasteiger partial charge in [0.1, 0.15) is 0 Å². The Kier molecular flexibility index (Phi) is 4.76. The first-order valence-electron chi connectivity index (χ1n) is 6.65. The van der Waals surface area contributed by atoms with E-state index in [2.05, 4.69) is 10.00 Å². The minimum atomic E-state index is -0.751. The van der Waals surface area contributed by atoms with Crippen LogP contribution in [0, 0.1) is 0 Å². The summed E-state index contributed by atoms with van der Waals surface area (Å²) in [5, 5.41) is 12.9. The van der Waals surface area contributed by atoms with Crippen LogP contribution in [0.15, 0.2) is 42.6 Å². The molecule has 20 heavy (non-hydrogen) atoms. The Labute approximate surface area is 118 Å². The molecule has 5 nitrogen and oxygen atoms in total. The Hall–Kier alpha value is -2.30. The third-order valence-electron chi connectivity index (χ3n) is 3.22. The Morgan fingerprint density at radius 3 is 2.65 bits per heavy atom. The van der Waals surface area contributed by atoms with E-state index in [1.807, 2.05) is 48.1 Å². The molecule has 0 amide bonds. The van der Waals surface area contributed by atoms with Gasteiger partial charge in [0, 0.05) is 31.9 Å². The predicted octanol–water partition coefficient (Wildman–Crippen LogP) is 2.29. The van der Waals surface area contributed by atoms with Crippen molar-refractivity contribution < 1.29 is 9.90 Å². The Balaban J connectivity index is 2.08. The number of anilines is 1. The lowest BCUT2D eigenvalue weighted by Gasteiger charge is -2.24. The minimum absolute atomic E-state index is 0.189. The molecule has 1 aromatic carbocycles. The van der Waals surface area contributed by atoms with Crippen molar-refractivity contribution >= 4 is 11.7 Å². The first-order valence-corrected chi connectivity index (χ1v) is 6.65. The van der Waals surface area contributed by atoms with Crippen LogP contribution in [-0.4, -0.2) is 27.4 Å². The summed E-state index contributed by atoms with van der Waals surface area (Å²) in [4.78, 5) is 12.8. The average Bonchev–Trinajstić information content (AvgIpc) is 2.84. The number of carboxylic acid groups (broad SMARTS) is 1. The van der Waals surface area contributed by atoms with Gasteiger partial charge in [-0.1, -0.05) is 18.2 Å². The van der Waals surface area contributed by atoms with E-state index in [1.54, 1.807) is 6.20 Å². The molecule has 1 heterocycles. The van der Waals surface area contributed by atoms with Crippen molar-refractivity contribution in [3.63, 3.8) is 0 Å². The molecule has 0 spiro atoms. The fourth-order valence-electron chi connectivity index (χ4n) is 2.11. The molecule has 0 bridgehead atoms. The van der Waals surface area contributed by atoms with Gasteiger partial charge in [-0.25, -0.2) is 0 Å². The molecular formula is C15H19N3O2. The molecule has 1 N–H and O–H groups in total. The molecular weight excluding hydrogens is 254 g/mol. The summed E-state index contributed by atoms with van der Waals surface area (Å²) in [5.41, 5.74) is 2.20. The number of benzene rings is 1. The van der Waals surface area contributed by atoms with E-state index in [0.29, 0.717) is 13.0 Å². The highest BCUT2D eigenvalue weighted by Gasteiger charge is 2.10. The lowest BCUT2D eigenvalue weighted by atomic mass is 10.2. The third-order valence-corrected chi connectivity index (χ3v) is 3.22. The van der Waals surface area contributed by atoms with Gasteiger partial charge >= 0.3 is 5.97 Å². The zero-order chi connectivity index (χ0) is 14.4. The van der Waals surface area contributed by atoms with Gasteiger partial charge in [-0.2, -0.15) is 5.10 Å². The van der Waals surface area contributed by atoms with Crippen molar-refractivity contribution in [2.24, 2.45) is 7.05 Å². The molecule has 2 aromatic rings. The summed E-state index contributed by atoms with van der Waals surface area (Å²) in [6, 6.07) is 12.0. The standard InChI is InChI=1S/C15H19N3O2/c1-17-14(9-10-16-17)12-18(11-5-8-15(19)20)13-6-3-2-4-7-13/h2-4,6-7,9-10H,5,8,11-12H2,1H3,(H,19,20). The second-order valence-electron chi connectivity index (χ2n) is 4.70. The zero-order valence-electron chi connectivity index (χ0n) is 11.6. The van der Waals surface area contributed by atoms with Gasteiger partial charge in [-0.3, -0.25) is 9.48 Å². The summed E-state index contributed by atoms with van der Waals surface area (Å²) in [6.07, 6.45) is 2.59. The molecule has 106 valence electrons. The summed E-state index contributed by atoms with van der Waals surface area (Å²) in [5.74, 6) is -0.751. The summed E-state index contributed by atoms with van der Waals surface area (Å²) >= 11 is 0. The Morgan fingerprint density at radius 2 is 2.05 bits per heavy atom. The molecule has 0 atom stereocenters. The minimum Gasteiger partial charge on any atom is -0.481 e. The average molecular weight is 273 g/mol. The van der Waals surface area contributed by atoms with Crippen LogP contribution in [0.5, 0.6) is 0 Å². The van der Waals surface area contributed by atoms with E-state index in [0.717, 1.165) is 17.9 Å². The normalized spacial score (nSPS) is 10.4. The maximum Gasteiger partial charge on any atom is 0.303 e. The zero-order valence-corrected chi connectivity index (χ0v) is 11.6. The number of rotatable bonds is 7. The van der Waals surface area contributed by atoms with Crippen LogP contribution in [0.4, 0.5) is 5.69 Å². The molecule has 0 saturated carbocycles. The number of hydrogen-bond acceptors (Lipinski definition) is 3. The topological polar surface area (TPSA) is 58.4 Å². The van der Waals surface area contributed by atoms with E-state index < -0.39 is 5.97 Å². The number of aryl methyl sites for hydroxylation is 1. The largest absolute Gasteiger partial charge is 0.481 e. The van der Waals surface area contributed by atoms with Crippen molar-refractivity contribution in [3.8, 4) is 0 Å². The molecule has 0 fully saturated rings. The summed E-state index contributed by atoms with van der Waals surface area (Å²) < 4.78 is 1.84. The van der Waals surface area contributed by atoms with E-state index in [-0.39, 0.29) is 6.42 Å². The number of aliphatic carboxylic acids is 1. The third kappa shape index (κ3) is 3.85. The van der Waals surface area contributed by atoms with E-state index in [9.17, 15) is 4.79 Å². The van der Waals surface area contributed by atoms with E-state index in [4.69, 9.17) is 5.11 Å². The fourth-order valence-corrected chi connectivity index (χ4v) is 2.11. The van der Waals surface area contributed by atoms with Gasteiger partial charge in [-0.05, 0) is 24.6 Å². The van der Waals surface area contributed by atoms with Crippen LogP contribution in [-0.2, 0) is 18.4 Å². The van der Waals surface area contributed by atoms with Gasteiger partial charge in [0.25, 0.3) is 0 Å². The lowest BCUT2D eigenvalue weighted by Crippen LogP contribution is -2.25. The molecule has 0 aliphatic heterocycles. The van der Waals surface area contributed by atoms with Gasteiger partial charge in [0.05, 0.1) is 12.2 Å². The Bertz CT molecular complexity index is 551. The van der Waals surface area contributed by atoms with E-state index in [1.165, 1.54) is 0 Å². The number of nitrogens with zero attached hydrogens (tertiary/aromatic N) is 3. The smallest absolute Gasteiger partial charge is 0.303 e. The molecule has 2 rings (SSSR count). The molecule has 0 aliphatic rings. The molecule has 1 aromatic heterocycles. The van der Waals surface area contributed by atoms with Gasteiger partial charge in [0.2, 0.25) is 0 Å². The van der Waals surface area contributed by atoms with E-state index >= 15 is 0 Å². The van der Waals surface area contributed by atoms with Gasteiger partial charge in [0.15, 0.2) is 0 Å². The van der Waals surface area contributed by atoms with Crippen molar-refractivity contribution in [1.82, 2.24) is 9.78 Å². The second kappa shape index (κ2) is 6.75. The van der Waals surface area contributed by atoms with Gasteiger partial charge in [-0.15, -0.1) is 0 Å². The maximum atomic E-state index is 10.7. The molecule has 5 heteroatoms. The number of carboxylic acids is 1. The highest BCUT2D eigenvalue weighted by Crippen LogP contribution is 2.17. The maximum absolute atomic E-state index is 10.7. The van der Waals surface area contributed by atoms with Crippen LogP contribution in [0.25, 0.3) is 0 Å². The van der Waals surface area contributed by atoms with Crippen molar-refractivity contribution in [1.29, 1.82) is 0 Å². The predicted molar refractivity (Wildman–Crippen MR) is 77.6 cm³/mol. The Morgan fingerprint density at radius 1 is 1.30 bits per heavy atom. The number of para-hydroxylation sites is 1. The molecule has 0 saturated heterocycles. The van der Waals surface area contributed by atoms with Crippen molar-refractivity contribution in [2.45, 2.75) is 19.4 Å². The SMILES string of the molecule is Cn1nccc1CN(CCCC(=O)O)c1ccccc1. The lowest BCUT2D eigenvalue weighted by molar-refractivity contribution is -0.137. The van der Waals surface area contributed by atoms with Crippen LogP contribution < -0.4 is 4.90 Å². The van der Waals surface area contributed by atoms with Crippen LogP contribution in [0.3, 0.4) is 0 Å². The number of aromatic nitrogens is 2. The van der Waals surface area contributed by atoms with Crippen molar-refractivity contribution in [2.75, 3.05) is 11.4 Å².